The van der Waals surface area contributed by atoms with E-state index in [0.717, 1.165) is 22.5 Å². The summed E-state index contributed by atoms with van der Waals surface area (Å²) in [6.07, 6.45) is 1.41. The molecule has 0 aliphatic carbocycles. The maximum Gasteiger partial charge on any atom is 0.258 e. The van der Waals surface area contributed by atoms with E-state index in [0.29, 0.717) is 37.2 Å². The number of aromatic nitrogens is 4. The first-order chi connectivity index (χ1) is 16.3. The molecular weight excluding hydrogens is 460 g/mol. The Kier molecular flexibility index (Phi) is 7.07. The van der Waals surface area contributed by atoms with Gasteiger partial charge in [-0.15, -0.1) is 0 Å². The van der Waals surface area contributed by atoms with E-state index in [2.05, 4.69) is 15.3 Å². The molecule has 34 heavy (non-hydrogen) atoms. The molecule has 0 fully saturated rings. The van der Waals surface area contributed by atoms with E-state index < -0.39 is 0 Å². The van der Waals surface area contributed by atoms with Crippen LogP contribution < -0.4 is 0 Å². The molecule has 0 bridgehead atoms. The van der Waals surface area contributed by atoms with Crippen molar-refractivity contribution in [2.24, 2.45) is 0 Å². The van der Waals surface area contributed by atoms with E-state index >= 15 is 0 Å². The van der Waals surface area contributed by atoms with Crippen molar-refractivity contribution < 1.29 is 13.6 Å². The highest BCUT2D eigenvalue weighted by Crippen LogP contribution is 2.23. The van der Waals surface area contributed by atoms with Gasteiger partial charge in [0.1, 0.15) is 16.8 Å². The molecule has 1 N–H and O–H groups in total. The van der Waals surface area contributed by atoms with Crippen molar-refractivity contribution in [3.8, 4) is 11.3 Å². The highest BCUT2D eigenvalue weighted by Gasteiger charge is 2.23. The van der Waals surface area contributed by atoms with Gasteiger partial charge in [-0.2, -0.15) is 10.2 Å². The Bertz CT molecular complexity index is 1280. The molecule has 0 unspecified atom stereocenters. The summed E-state index contributed by atoms with van der Waals surface area (Å²) < 4.78 is 27.8. The molecule has 2 aromatic heterocycles. The number of halogens is 3. The first-order valence-corrected chi connectivity index (χ1v) is 11.2. The van der Waals surface area contributed by atoms with Crippen LogP contribution in [0.5, 0.6) is 0 Å². The SMILES string of the molecule is Cc1nn(Cc2ccc(F)cc2)c(Cl)c1C(=O)N(C)CCCc1cc(-c2ccc(F)cc2)n[nH]1. The van der Waals surface area contributed by atoms with Gasteiger partial charge in [0, 0.05) is 24.8 Å². The molecule has 0 aliphatic rings. The molecule has 0 radical (unpaired) electrons. The number of aromatic amines is 1. The fourth-order valence-electron chi connectivity index (χ4n) is 3.72. The van der Waals surface area contributed by atoms with Gasteiger partial charge in [-0.3, -0.25) is 9.89 Å². The van der Waals surface area contributed by atoms with Crippen LogP contribution >= 0.6 is 11.6 Å². The summed E-state index contributed by atoms with van der Waals surface area (Å²) in [6, 6.07) is 14.2. The first-order valence-electron chi connectivity index (χ1n) is 10.8. The molecule has 0 saturated carbocycles. The normalized spacial score (nSPS) is 11.1. The van der Waals surface area contributed by atoms with Crippen LogP contribution in [0.2, 0.25) is 5.15 Å². The second kappa shape index (κ2) is 10.2. The monoisotopic (exact) mass is 483 g/mol. The zero-order valence-electron chi connectivity index (χ0n) is 18.9. The van der Waals surface area contributed by atoms with Crippen molar-refractivity contribution in [1.29, 1.82) is 0 Å². The summed E-state index contributed by atoms with van der Waals surface area (Å²) in [5.74, 6) is -0.807. The molecule has 9 heteroatoms. The van der Waals surface area contributed by atoms with Gasteiger partial charge in [0.05, 0.1) is 23.5 Å². The lowest BCUT2D eigenvalue weighted by Crippen LogP contribution is -2.28. The topological polar surface area (TPSA) is 66.8 Å². The van der Waals surface area contributed by atoms with Crippen LogP contribution in [0.25, 0.3) is 11.3 Å². The molecule has 2 heterocycles. The van der Waals surface area contributed by atoms with Crippen molar-refractivity contribution in [2.45, 2.75) is 26.3 Å². The van der Waals surface area contributed by atoms with E-state index in [1.165, 1.54) is 24.3 Å². The number of amides is 1. The van der Waals surface area contributed by atoms with Crippen LogP contribution in [0.15, 0.2) is 54.6 Å². The Hall–Kier alpha value is -3.52. The predicted octanol–water partition coefficient (Wildman–Crippen LogP) is 5.27. The van der Waals surface area contributed by atoms with Gasteiger partial charge in [0.15, 0.2) is 0 Å². The van der Waals surface area contributed by atoms with E-state index in [1.54, 1.807) is 47.8 Å². The third-order valence-corrected chi connectivity index (χ3v) is 5.97. The fourth-order valence-corrected chi connectivity index (χ4v) is 4.04. The maximum atomic E-state index is 13.2. The Morgan fingerprint density at radius 3 is 2.41 bits per heavy atom. The number of carbonyl (C=O) groups is 1. The molecule has 0 atom stereocenters. The number of nitrogens with zero attached hydrogens (tertiary/aromatic N) is 4. The lowest BCUT2D eigenvalue weighted by atomic mass is 10.1. The minimum absolute atomic E-state index is 0.204. The number of nitrogens with one attached hydrogen (secondary N) is 1. The smallest absolute Gasteiger partial charge is 0.258 e. The van der Waals surface area contributed by atoms with Crippen LogP contribution in [-0.2, 0) is 13.0 Å². The number of hydrogen-bond donors (Lipinski definition) is 1. The lowest BCUT2D eigenvalue weighted by Gasteiger charge is -2.17. The predicted molar refractivity (Wildman–Crippen MR) is 127 cm³/mol. The van der Waals surface area contributed by atoms with Gasteiger partial charge in [-0.25, -0.2) is 13.5 Å². The fraction of sp³-hybridized carbons (Fsp3) is 0.240. The summed E-state index contributed by atoms with van der Waals surface area (Å²) in [4.78, 5) is 14.7. The average molecular weight is 484 g/mol. The van der Waals surface area contributed by atoms with Crippen molar-refractivity contribution in [2.75, 3.05) is 13.6 Å². The van der Waals surface area contributed by atoms with Crippen LogP contribution in [-0.4, -0.2) is 44.4 Å². The van der Waals surface area contributed by atoms with Crippen LogP contribution in [0.1, 0.15) is 33.7 Å². The van der Waals surface area contributed by atoms with Crippen LogP contribution in [0.3, 0.4) is 0 Å². The molecule has 0 aliphatic heterocycles. The molecular formula is C25H24ClF2N5O. The lowest BCUT2D eigenvalue weighted by molar-refractivity contribution is 0.0793. The Balaban J connectivity index is 1.35. The van der Waals surface area contributed by atoms with Crippen LogP contribution in [0, 0.1) is 18.6 Å². The molecule has 2 aromatic carbocycles. The summed E-state index contributed by atoms with van der Waals surface area (Å²) >= 11 is 6.49. The highest BCUT2D eigenvalue weighted by atomic mass is 35.5. The zero-order chi connectivity index (χ0) is 24.2. The third-order valence-electron chi connectivity index (χ3n) is 5.58. The standard InChI is InChI=1S/C25H24ClF2N5O/c1-16-23(24(26)33(31-16)15-17-5-9-19(27)10-6-17)25(34)32(2)13-3-4-21-14-22(30-29-21)18-7-11-20(28)12-8-18/h5-12,14H,3-4,13,15H2,1-2H3,(H,29,30). The van der Waals surface area contributed by atoms with Crippen molar-refractivity contribution in [3.63, 3.8) is 0 Å². The molecule has 4 rings (SSSR count). The second-order valence-corrected chi connectivity index (χ2v) is 8.51. The summed E-state index contributed by atoms with van der Waals surface area (Å²) in [7, 11) is 1.73. The zero-order valence-corrected chi connectivity index (χ0v) is 19.6. The Morgan fingerprint density at radius 2 is 1.74 bits per heavy atom. The molecule has 6 nitrogen and oxygen atoms in total. The number of hydrogen-bond acceptors (Lipinski definition) is 3. The summed E-state index contributed by atoms with van der Waals surface area (Å²) in [5, 5.41) is 11.9. The van der Waals surface area contributed by atoms with E-state index in [1.807, 2.05) is 6.07 Å². The van der Waals surface area contributed by atoms with Crippen molar-refractivity contribution in [1.82, 2.24) is 24.9 Å². The summed E-state index contributed by atoms with van der Waals surface area (Å²) in [6.45, 7) is 2.60. The molecule has 176 valence electrons. The largest absolute Gasteiger partial charge is 0.342 e. The number of aryl methyl sites for hydroxylation is 2. The van der Waals surface area contributed by atoms with E-state index in [-0.39, 0.29) is 22.7 Å². The number of carbonyl (C=O) groups excluding carboxylic acids is 1. The second-order valence-electron chi connectivity index (χ2n) is 8.15. The number of rotatable bonds is 8. The van der Waals surface area contributed by atoms with Gasteiger partial charge in [0.2, 0.25) is 0 Å². The molecule has 0 spiro atoms. The summed E-state index contributed by atoms with van der Waals surface area (Å²) in [5.41, 5.74) is 4.25. The first kappa shape index (κ1) is 23.6. The van der Waals surface area contributed by atoms with E-state index in [4.69, 9.17) is 11.6 Å². The number of benzene rings is 2. The number of H-pyrrole nitrogens is 1. The van der Waals surface area contributed by atoms with Gasteiger partial charge in [-0.1, -0.05) is 23.7 Å². The Morgan fingerprint density at radius 1 is 1.09 bits per heavy atom. The molecule has 4 aromatic rings. The van der Waals surface area contributed by atoms with Crippen molar-refractivity contribution in [3.05, 3.63) is 93.9 Å². The molecule has 1 amide bonds. The van der Waals surface area contributed by atoms with Crippen LogP contribution in [0.4, 0.5) is 8.78 Å². The third kappa shape index (κ3) is 5.34. The molecule has 0 saturated heterocycles. The van der Waals surface area contributed by atoms with E-state index in [9.17, 15) is 13.6 Å². The van der Waals surface area contributed by atoms with Gasteiger partial charge >= 0.3 is 0 Å². The maximum absolute atomic E-state index is 13.2. The van der Waals surface area contributed by atoms with Gasteiger partial charge < -0.3 is 4.90 Å². The Labute approximate surface area is 201 Å². The van der Waals surface area contributed by atoms with Gasteiger partial charge in [0.25, 0.3) is 5.91 Å². The quantitative estimate of drug-likeness (QED) is 0.371. The highest BCUT2D eigenvalue weighted by molar-refractivity contribution is 6.33. The minimum Gasteiger partial charge on any atom is -0.342 e. The minimum atomic E-state index is -0.314. The average Bonchev–Trinajstić information content (AvgIpc) is 3.39. The van der Waals surface area contributed by atoms with Crippen molar-refractivity contribution >= 4 is 17.5 Å². The van der Waals surface area contributed by atoms with Gasteiger partial charge in [-0.05, 0) is 67.8 Å².